The second-order valence-electron chi connectivity index (χ2n) is 4.40. The van der Waals surface area contributed by atoms with Gasteiger partial charge in [-0.15, -0.1) is 0 Å². The zero-order valence-corrected chi connectivity index (χ0v) is 12.1. The van der Waals surface area contributed by atoms with Gasteiger partial charge in [0.15, 0.2) is 0 Å². The van der Waals surface area contributed by atoms with Crippen LogP contribution in [0.4, 0.5) is 0 Å². The molecule has 1 fully saturated rings. The number of hydrogen-bond acceptors (Lipinski definition) is 4. The number of morpholine rings is 1. The first-order valence-electron chi connectivity index (χ1n) is 6.52. The third-order valence-corrected chi connectivity index (χ3v) is 4.97. The lowest BCUT2D eigenvalue weighted by Gasteiger charge is -2.26. The van der Waals surface area contributed by atoms with Gasteiger partial charge in [-0.3, -0.25) is 4.79 Å². The highest BCUT2D eigenvalue weighted by atomic mass is 32.2. The van der Waals surface area contributed by atoms with Crippen LogP contribution in [0.25, 0.3) is 0 Å². The van der Waals surface area contributed by atoms with Crippen LogP contribution >= 0.6 is 0 Å². The molecule has 20 heavy (non-hydrogen) atoms. The summed E-state index contributed by atoms with van der Waals surface area (Å²) in [5.74, 6) is -0.206. The van der Waals surface area contributed by atoms with Crippen LogP contribution in [0, 0.1) is 0 Å². The number of ether oxygens (including phenoxy) is 1. The first-order chi connectivity index (χ1) is 9.55. The van der Waals surface area contributed by atoms with Crippen LogP contribution in [0.1, 0.15) is 17.3 Å². The molecule has 0 bridgehead atoms. The highest BCUT2D eigenvalue weighted by Crippen LogP contribution is 2.17. The number of nitrogens with zero attached hydrogens (tertiary/aromatic N) is 1. The highest BCUT2D eigenvalue weighted by molar-refractivity contribution is 7.89. The van der Waals surface area contributed by atoms with Crippen molar-refractivity contribution in [2.45, 2.75) is 11.8 Å². The van der Waals surface area contributed by atoms with Crippen molar-refractivity contribution in [3.05, 3.63) is 29.8 Å². The van der Waals surface area contributed by atoms with Gasteiger partial charge in [0.1, 0.15) is 0 Å². The fourth-order valence-electron chi connectivity index (χ4n) is 1.98. The molecule has 0 saturated carbocycles. The summed E-state index contributed by atoms with van der Waals surface area (Å²) >= 11 is 0. The molecule has 1 amide bonds. The number of rotatable bonds is 4. The summed E-state index contributed by atoms with van der Waals surface area (Å²) in [6, 6.07) is 5.99. The van der Waals surface area contributed by atoms with Crippen molar-refractivity contribution in [2.75, 3.05) is 32.8 Å². The maximum atomic E-state index is 12.4. The number of carbonyl (C=O) groups is 1. The zero-order valence-electron chi connectivity index (χ0n) is 11.3. The van der Waals surface area contributed by atoms with E-state index in [1.165, 1.54) is 28.6 Å². The molecule has 7 heteroatoms. The van der Waals surface area contributed by atoms with Gasteiger partial charge in [-0.05, 0) is 31.2 Å². The first kappa shape index (κ1) is 15.0. The van der Waals surface area contributed by atoms with Crippen molar-refractivity contribution in [1.82, 2.24) is 9.62 Å². The Hall–Kier alpha value is -1.44. The molecule has 0 aliphatic carbocycles. The Bertz CT molecular complexity index is 563. The second-order valence-corrected chi connectivity index (χ2v) is 6.34. The molecule has 1 aliphatic rings. The Morgan fingerprint density at radius 2 is 1.85 bits per heavy atom. The zero-order chi connectivity index (χ0) is 14.6. The topological polar surface area (TPSA) is 75.7 Å². The summed E-state index contributed by atoms with van der Waals surface area (Å²) in [5, 5.41) is 2.67. The minimum absolute atomic E-state index is 0.201. The molecule has 0 atom stereocenters. The lowest BCUT2D eigenvalue weighted by molar-refractivity contribution is 0.0730. The molecule has 0 aromatic heterocycles. The fraction of sp³-hybridized carbons (Fsp3) is 0.462. The standard InChI is InChI=1S/C13H18N2O4S/c1-2-14-13(16)11-3-5-12(6-4-11)20(17,18)15-7-9-19-10-8-15/h3-6H,2,7-10H2,1H3,(H,14,16). The Kier molecular flexibility index (Phi) is 4.74. The molecule has 1 aromatic carbocycles. The third-order valence-electron chi connectivity index (χ3n) is 3.06. The quantitative estimate of drug-likeness (QED) is 0.876. The lowest BCUT2D eigenvalue weighted by Crippen LogP contribution is -2.40. The van der Waals surface area contributed by atoms with Crippen molar-refractivity contribution in [1.29, 1.82) is 0 Å². The van der Waals surface area contributed by atoms with Gasteiger partial charge in [0, 0.05) is 25.2 Å². The molecule has 110 valence electrons. The maximum absolute atomic E-state index is 12.4. The molecule has 0 unspecified atom stereocenters. The van der Waals surface area contributed by atoms with E-state index < -0.39 is 10.0 Å². The van der Waals surface area contributed by atoms with Gasteiger partial charge in [-0.1, -0.05) is 0 Å². The normalized spacial score (nSPS) is 16.9. The molecule has 2 rings (SSSR count). The van der Waals surface area contributed by atoms with Crippen LogP contribution in [-0.4, -0.2) is 51.5 Å². The van der Waals surface area contributed by atoms with Crippen LogP contribution in [0.5, 0.6) is 0 Å². The van der Waals surface area contributed by atoms with E-state index in [0.29, 0.717) is 38.4 Å². The van der Waals surface area contributed by atoms with Gasteiger partial charge in [0.25, 0.3) is 5.91 Å². The predicted octanol–water partition coefficient (Wildman–Crippen LogP) is 0.457. The molecule has 6 nitrogen and oxygen atoms in total. The summed E-state index contributed by atoms with van der Waals surface area (Å²) in [6.07, 6.45) is 0. The molecule has 0 spiro atoms. The van der Waals surface area contributed by atoms with Crippen molar-refractivity contribution >= 4 is 15.9 Å². The van der Waals surface area contributed by atoms with Gasteiger partial charge in [-0.2, -0.15) is 4.31 Å². The SMILES string of the molecule is CCNC(=O)c1ccc(S(=O)(=O)N2CCOCC2)cc1. The summed E-state index contributed by atoms with van der Waals surface area (Å²) < 4.78 is 31.3. The van der Waals surface area contributed by atoms with Crippen LogP contribution in [-0.2, 0) is 14.8 Å². The average Bonchev–Trinajstić information content (AvgIpc) is 2.48. The number of hydrogen-bond donors (Lipinski definition) is 1. The fourth-order valence-corrected chi connectivity index (χ4v) is 3.38. The smallest absolute Gasteiger partial charge is 0.251 e. The van der Waals surface area contributed by atoms with Gasteiger partial charge in [0.05, 0.1) is 18.1 Å². The molecule has 1 aromatic rings. The second kappa shape index (κ2) is 6.34. The van der Waals surface area contributed by atoms with Crippen molar-refractivity contribution in [3.63, 3.8) is 0 Å². The Morgan fingerprint density at radius 3 is 2.40 bits per heavy atom. The molecular weight excluding hydrogens is 280 g/mol. The van der Waals surface area contributed by atoms with Crippen LogP contribution < -0.4 is 5.32 Å². The van der Waals surface area contributed by atoms with Crippen LogP contribution in [0.15, 0.2) is 29.2 Å². The minimum Gasteiger partial charge on any atom is -0.379 e. The maximum Gasteiger partial charge on any atom is 0.251 e. The van der Waals surface area contributed by atoms with E-state index in [1.807, 2.05) is 6.92 Å². The molecule has 0 radical (unpaired) electrons. The molecular formula is C13H18N2O4S. The molecule has 1 N–H and O–H groups in total. The lowest BCUT2D eigenvalue weighted by atomic mass is 10.2. The summed E-state index contributed by atoms with van der Waals surface area (Å²) in [4.78, 5) is 11.8. The largest absolute Gasteiger partial charge is 0.379 e. The number of nitrogens with one attached hydrogen (secondary N) is 1. The van der Waals surface area contributed by atoms with Crippen LogP contribution in [0.2, 0.25) is 0 Å². The average molecular weight is 298 g/mol. The van der Waals surface area contributed by atoms with Gasteiger partial charge in [0.2, 0.25) is 10.0 Å². The Morgan fingerprint density at radius 1 is 1.25 bits per heavy atom. The summed E-state index contributed by atoms with van der Waals surface area (Å²) in [6.45, 7) is 3.91. The van der Waals surface area contributed by atoms with Gasteiger partial charge in [-0.25, -0.2) is 8.42 Å². The van der Waals surface area contributed by atoms with E-state index in [-0.39, 0.29) is 10.8 Å². The summed E-state index contributed by atoms with van der Waals surface area (Å²) in [5.41, 5.74) is 0.452. The Labute approximate surface area is 118 Å². The van der Waals surface area contributed by atoms with Crippen molar-refractivity contribution in [2.24, 2.45) is 0 Å². The van der Waals surface area contributed by atoms with E-state index in [4.69, 9.17) is 4.74 Å². The number of amides is 1. The number of carbonyl (C=O) groups excluding carboxylic acids is 1. The van der Waals surface area contributed by atoms with E-state index in [9.17, 15) is 13.2 Å². The van der Waals surface area contributed by atoms with Crippen molar-refractivity contribution in [3.8, 4) is 0 Å². The Balaban J connectivity index is 2.18. The number of sulfonamides is 1. The molecule has 1 saturated heterocycles. The summed E-state index contributed by atoms with van der Waals surface area (Å²) in [7, 11) is -3.50. The minimum atomic E-state index is -3.50. The molecule has 1 heterocycles. The molecule has 1 aliphatic heterocycles. The number of benzene rings is 1. The van der Waals surface area contributed by atoms with Gasteiger partial charge >= 0.3 is 0 Å². The van der Waals surface area contributed by atoms with Crippen molar-refractivity contribution < 1.29 is 17.9 Å². The highest BCUT2D eigenvalue weighted by Gasteiger charge is 2.26. The van der Waals surface area contributed by atoms with E-state index in [2.05, 4.69) is 5.32 Å². The first-order valence-corrected chi connectivity index (χ1v) is 7.96. The van der Waals surface area contributed by atoms with E-state index >= 15 is 0 Å². The van der Waals surface area contributed by atoms with E-state index in [0.717, 1.165) is 0 Å². The van der Waals surface area contributed by atoms with E-state index in [1.54, 1.807) is 0 Å². The van der Waals surface area contributed by atoms with Gasteiger partial charge < -0.3 is 10.1 Å². The third kappa shape index (κ3) is 3.17. The monoisotopic (exact) mass is 298 g/mol. The van der Waals surface area contributed by atoms with Crippen LogP contribution in [0.3, 0.4) is 0 Å². The predicted molar refractivity (Wildman–Crippen MR) is 74.0 cm³/mol.